The molecule has 0 aromatic heterocycles. The van der Waals surface area contributed by atoms with Crippen molar-refractivity contribution in [2.45, 2.75) is 65.6 Å². The van der Waals surface area contributed by atoms with E-state index < -0.39 is 6.61 Å². The lowest BCUT2D eigenvalue weighted by Gasteiger charge is -2.20. The number of hydrogen-bond acceptors (Lipinski definition) is 2. The molecule has 1 saturated carbocycles. The zero-order valence-electron chi connectivity index (χ0n) is 10.6. The summed E-state index contributed by atoms with van der Waals surface area (Å²) in [6.45, 7) is 4.54. The molecule has 1 aliphatic rings. The van der Waals surface area contributed by atoms with E-state index in [0.29, 0.717) is 5.41 Å². The summed E-state index contributed by atoms with van der Waals surface area (Å²) < 4.78 is 27.6. The van der Waals surface area contributed by atoms with Crippen LogP contribution in [-0.2, 0) is 4.74 Å². The lowest BCUT2D eigenvalue weighted by Crippen LogP contribution is -2.19. The van der Waals surface area contributed by atoms with E-state index in [2.05, 4.69) is 25.5 Å². The monoisotopic (exact) mass is 237 g/mol. The van der Waals surface area contributed by atoms with Gasteiger partial charge in [0.25, 0.3) is 0 Å². The fourth-order valence-corrected chi connectivity index (χ4v) is 1.35. The number of alkyl halides is 2. The van der Waals surface area contributed by atoms with E-state index in [1.807, 2.05) is 0 Å². The first-order valence-electron chi connectivity index (χ1n) is 5.99. The third kappa shape index (κ3) is 10.3. The molecular weight excluding hydrogens is 212 g/mol. The molecule has 1 fully saturated rings. The van der Waals surface area contributed by atoms with Gasteiger partial charge in [0.1, 0.15) is 0 Å². The van der Waals surface area contributed by atoms with Gasteiger partial charge in [-0.25, -0.2) is 0 Å². The van der Waals surface area contributed by atoms with Crippen molar-refractivity contribution in [3.8, 4) is 0 Å². The van der Waals surface area contributed by atoms with Gasteiger partial charge in [-0.05, 0) is 24.8 Å². The highest BCUT2D eigenvalue weighted by molar-refractivity contribution is 4.64. The molecule has 0 spiro atoms. The van der Waals surface area contributed by atoms with Gasteiger partial charge in [0, 0.05) is 0 Å². The summed E-state index contributed by atoms with van der Waals surface area (Å²) in [6, 6.07) is 0. The summed E-state index contributed by atoms with van der Waals surface area (Å²) in [5.41, 5.74) is 5.62. The lowest BCUT2D eigenvalue weighted by molar-refractivity contribution is -0.169. The van der Waals surface area contributed by atoms with Crippen molar-refractivity contribution in [1.29, 1.82) is 0 Å². The summed E-state index contributed by atoms with van der Waals surface area (Å²) in [6.07, 6.45) is 4.70. The van der Waals surface area contributed by atoms with E-state index in [4.69, 9.17) is 5.73 Å². The molecule has 0 amide bonds. The predicted octanol–water partition coefficient (Wildman–Crippen LogP) is 3.55. The molecular formula is C12H25F2NO. The molecule has 0 unspecified atom stereocenters. The van der Waals surface area contributed by atoms with Crippen LogP contribution in [0.3, 0.4) is 0 Å². The van der Waals surface area contributed by atoms with Crippen molar-refractivity contribution in [1.82, 2.24) is 0 Å². The van der Waals surface area contributed by atoms with Gasteiger partial charge < -0.3 is 10.5 Å². The van der Waals surface area contributed by atoms with Gasteiger partial charge in [-0.1, -0.05) is 40.0 Å². The first kappa shape index (κ1) is 15.8. The van der Waals surface area contributed by atoms with E-state index in [-0.39, 0.29) is 6.10 Å². The Morgan fingerprint density at radius 1 is 1.19 bits per heavy atom. The molecule has 0 aromatic carbocycles. The minimum Gasteiger partial charge on any atom is -0.330 e. The van der Waals surface area contributed by atoms with Gasteiger partial charge in [-0.3, -0.25) is 0 Å². The molecule has 4 heteroatoms. The molecule has 0 atom stereocenters. The molecule has 1 aliphatic carbocycles. The standard InChI is InChI=1S/C7H12F2O.C5H13N/c8-7(9)10-6-4-2-1-3-5-6;1-5(2,3)4-6/h6-7H,1-5H2;4,6H2,1-3H3. The average Bonchev–Trinajstić information content (AvgIpc) is 2.18. The largest absolute Gasteiger partial charge is 0.345 e. The van der Waals surface area contributed by atoms with Crippen LogP contribution in [0.1, 0.15) is 52.9 Å². The van der Waals surface area contributed by atoms with Gasteiger partial charge in [-0.2, -0.15) is 8.78 Å². The van der Waals surface area contributed by atoms with Gasteiger partial charge in [0.15, 0.2) is 0 Å². The maximum Gasteiger partial charge on any atom is 0.345 e. The van der Waals surface area contributed by atoms with Crippen molar-refractivity contribution in [3.05, 3.63) is 0 Å². The normalized spacial score (nSPS) is 18.2. The smallest absolute Gasteiger partial charge is 0.330 e. The number of hydrogen-bond donors (Lipinski definition) is 1. The van der Waals surface area contributed by atoms with Crippen LogP contribution in [-0.4, -0.2) is 19.3 Å². The number of halogens is 2. The Morgan fingerprint density at radius 3 is 1.94 bits per heavy atom. The second kappa shape index (κ2) is 7.96. The van der Waals surface area contributed by atoms with Crippen molar-refractivity contribution in [2.75, 3.05) is 6.54 Å². The zero-order chi connectivity index (χ0) is 12.6. The fraction of sp³-hybridized carbons (Fsp3) is 1.00. The van der Waals surface area contributed by atoms with Crippen LogP contribution in [0, 0.1) is 5.41 Å². The summed E-state index contributed by atoms with van der Waals surface area (Å²) in [5.74, 6) is 0. The topological polar surface area (TPSA) is 35.2 Å². The quantitative estimate of drug-likeness (QED) is 0.797. The van der Waals surface area contributed by atoms with Crippen LogP contribution in [0.2, 0.25) is 0 Å². The molecule has 16 heavy (non-hydrogen) atoms. The summed E-state index contributed by atoms with van der Waals surface area (Å²) in [7, 11) is 0. The van der Waals surface area contributed by atoms with Gasteiger partial charge in [0.05, 0.1) is 6.10 Å². The molecule has 0 saturated heterocycles. The third-order valence-corrected chi connectivity index (χ3v) is 2.46. The van der Waals surface area contributed by atoms with Crippen LogP contribution >= 0.6 is 0 Å². The van der Waals surface area contributed by atoms with Crippen LogP contribution < -0.4 is 5.73 Å². The van der Waals surface area contributed by atoms with Gasteiger partial charge >= 0.3 is 6.61 Å². The van der Waals surface area contributed by atoms with Gasteiger partial charge in [0.2, 0.25) is 0 Å². The first-order valence-corrected chi connectivity index (χ1v) is 5.99. The Kier molecular flexibility index (Phi) is 7.85. The van der Waals surface area contributed by atoms with Crippen LogP contribution in [0.25, 0.3) is 0 Å². The molecule has 1 rings (SSSR count). The van der Waals surface area contributed by atoms with Crippen LogP contribution in [0.5, 0.6) is 0 Å². The number of rotatable bonds is 2. The molecule has 98 valence electrons. The Bertz CT molecular complexity index is 163. The second-order valence-electron chi connectivity index (χ2n) is 5.42. The van der Waals surface area contributed by atoms with Crippen LogP contribution in [0.4, 0.5) is 8.78 Å². The average molecular weight is 237 g/mol. The fourth-order valence-electron chi connectivity index (χ4n) is 1.35. The minimum atomic E-state index is -2.58. The summed E-state index contributed by atoms with van der Waals surface area (Å²) >= 11 is 0. The maximum absolute atomic E-state index is 11.6. The third-order valence-electron chi connectivity index (χ3n) is 2.46. The van der Waals surface area contributed by atoms with E-state index in [9.17, 15) is 8.78 Å². The van der Waals surface area contributed by atoms with Gasteiger partial charge in [-0.15, -0.1) is 0 Å². The summed E-state index contributed by atoms with van der Waals surface area (Å²) in [4.78, 5) is 0. The van der Waals surface area contributed by atoms with Crippen molar-refractivity contribution in [3.63, 3.8) is 0 Å². The van der Waals surface area contributed by atoms with E-state index >= 15 is 0 Å². The predicted molar refractivity (Wildman–Crippen MR) is 62.5 cm³/mol. The highest BCUT2D eigenvalue weighted by atomic mass is 19.3. The van der Waals surface area contributed by atoms with Crippen molar-refractivity contribution < 1.29 is 13.5 Å². The molecule has 0 radical (unpaired) electrons. The lowest BCUT2D eigenvalue weighted by atomic mass is 9.98. The number of nitrogens with two attached hydrogens (primary N) is 1. The number of ether oxygens (including phenoxy) is 1. The van der Waals surface area contributed by atoms with E-state index in [1.54, 1.807) is 0 Å². The van der Waals surface area contributed by atoms with Crippen molar-refractivity contribution in [2.24, 2.45) is 11.1 Å². The highest BCUT2D eigenvalue weighted by Gasteiger charge is 2.17. The van der Waals surface area contributed by atoms with Crippen molar-refractivity contribution >= 4 is 0 Å². The van der Waals surface area contributed by atoms with Crippen LogP contribution in [0.15, 0.2) is 0 Å². The Morgan fingerprint density at radius 2 is 1.62 bits per heavy atom. The van der Waals surface area contributed by atoms with E-state index in [1.165, 1.54) is 6.42 Å². The summed E-state index contributed by atoms with van der Waals surface area (Å²) in [5, 5.41) is 0. The Hall–Kier alpha value is -0.220. The molecule has 0 aromatic rings. The molecule has 2 N–H and O–H groups in total. The Labute approximate surface area is 97.5 Å². The molecule has 0 bridgehead atoms. The van der Waals surface area contributed by atoms with E-state index in [0.717, 1.165) is 32.2 Å². The first-order chi connectivity index (χ1) is 7.35. The highest BCUT2D eigenvalue weighted by Crippen LogP contribution is 2.21. The molecule has 2 nitrogen and oxygen atoms in total. The molecule has 0 heterocycles. The zero-order valence-corrected chi connectivity index (χ0v) is 10.6. The SMILES string of the molecule is CC(C)(C)CN.FC(F)OC1CCCCC1. The Balaban J connectivity index is 0.000000325. The maximum atomic E-state index is 11.6. The minimum absolute atomic E-state index is 0.172. The molecule has 0 aliphatic heterocycles. The second-order valence-corrected chi connectivity index (χ2v) is 5.42.